The van der Waals surface area contributed by atoms with Crippen molar-refractivity contribution >= 4 is 21.4 Å². The average molecular weight is 422 g/mol. The summed E-state index contributed by atoms with van der Waals surface area (Å²) in [6.45, 7) is 0. The Labute approximate surface area is 176 Å². The second kappa shape index (κ2) is 8.36. The molecule has 1 aliphatic carbocycles. The molecule has 0 atom stereocenters. The molecule has 1 heterocycles. The van der Waals surface area contributed by atoms with Gasteiger partial charge in [-0.25, -0.2) is 18.4 Å². The Hall–Kier alpha value is -3.06. The van der Waals surface area contributed by atoms with Gasteiger partial charge in [-0.2, -0.15) is 0 Å². The van der Waals surface area contributed by atoms with Gasteiger partial charge in [-0.3, -0.25) is 4.79 Å². The smallest absolute Gasteiger partial charge is 0.189 e. The SMILES string of the molecule is Nc1ncc(-c2ccccc2)nc1C(=O)Cc1ccc(S(=O)(=O)CC2CCC2)cc1. The van der Waals surface area contributed by atoms with E-state index in [0.29, 0.717) is 16.2 Å². The lowest BCUT2D eigenvalue weighted by atomic mass is 9.87. The van der Waals surface area contributed by atoms with E-state index < -0.39 is 9.84 Å². The van der Waals surface area contributed by atoms with Gasteiger partial charge < -0.3 is 5.73 Å². The molecule has 2 N–H and O–H groups in total. The van der Waals surface area contributed by atoms with Gasteiger partial charge in [0.2, 0.25) is 0 Å². The molecule has 3 aromatic rings. The van der Waals surface area contributed by atoms with Crippen LogP contribution in [-0.4, -0.2) is 29.9 Å². The van der Waals surface area contributed by atoms with Crippen molar-refractivity contribution in [2.45, 2.75) is 30.6 Å². The summed E-state index contributed by atoms with van der Waals surface area (Å²) in [6.07, 6.45) is 4.69. The Morgan fingerprint density at radius 1 is 1.03 bits per heavy atom. The first kappa shape index (κ1) is 20.2. The second-order valence-electron chi connectivity index (χ2n) is 7.68. The Morgan fingerprint density at radius 3 is 2.37 bits per heavy atom. The molecule has 1 saturated carbocycles. The summed E-state index contributed by atoms with van der Waals surface area (Å²) in [5.41, 5.74) is 8.14. The van der Waals surface area contributed by atoms with Crippen LogP contribution in [0.3, 0.4) is 0 Å². The maximum atomic E-state index is 12.8. The molecule has 0 amide bonds. The first-order valence-electron chi connectivity index (χ1n) is 9.95. The van der Waals surface area contributed by atoms with Gasteiger partial charge in [-0.15, -0.1) is 0 Å². The van der Waals surface area contributed by atoms with Crippen LogP contribution in [0.1, 0.15) is 35.3 Å². The predicted octanol–water partition coefficient (Wildman–Crippen LogP) is 3.73. The number of nitrogens with zero attached hydrogens (tertiary/aromatic N) is 2. The van der Waals surface area contributed by atoms with Gasteiger partial charge in [0.15, 0.2) is 21.4 Å². The number of ketones is 1. The molecule has 1 aromatic heterocycles. The number of hydrogen-bond acceptors (Lipinski definition) is 6. The largest absolute Gasteiger partial charge is 0.382 e. The maximum Gasteiger partial charge on any atom is 0.189 e. The summed E-state index contributed by atoms with van der Waals surface area (Å²) < 4.78 is 25.0. The normalized spacial score (nSPS) is 14.3. The van der Waals surface area contributed by atoms with Crippen molar-refractivity contribution in [2.75, 3.05) is 11.5 Å². The maximum absolute atomic E-state index is 12.8. The number of carbonyl (C=O) groups is 1. The van der Waals surface area contributed by atoms with Gasteiger partial charge in [-0.05, 0) is 36.5 Å². The monoisotopic (exact) mass is 421 g/mol. The van der Waals surface area contributed by atoms with Crippen molar-refractivity contribution < 1.29 is 13.2 Å². The minimum absolute atomic E-state index is 0.0695. The Bertz CT molecular complexity index is 1160. The molecule has 6 nitrogen and oxygen atoms in total. The van der Waals surface area contributed by atoms with Crippen molar-refractivity contribution in [3.63, 3.8) is 0 Å². The van der Waals surface area contributed by atoms with Crippen molar-refractivity contribution in [3.05, 3.63) is 72.1 Å². The molecule has 0 spiro atoms. The van der Waals surface area contributed by atoms with E-state index >= 15 is 0 Å². The summed E-state index contributed by atoms with van der Waals surface area (Å²) in [5, 5.41) is 0. The number of anilines is 1. The summed E-state index contributed by atoms with van der Waals surface area (Å²) in [5.74, 6) is 0.292. The van der Waals surface area contributed by atoms with E-state index in [1.54, 1.807) is 30.5 Å². The van der Waals surface area contributed by atoms with E-state index in [1.165, 1.54) is 0 Å². The fraction of sp³-hybridized carbons (Fsp3) is 0.261. The van der Waals surface area contributed by atoms with E-state index in [1.807, 2.05) is 30.3 Å². The Balaban J connectivity index is 1.50. The van der Waals surface area contributed by atoms with Crippen molar-refractivity contribution in [2.24, 2.45) is 5.92 Å². The van der Waals surface area contributed by atoms with Crippen molar-refractivity contribution in [3.8, 4) is 11.3 Å². The van der Waals surface area contributed by atoms with Gasteiger partial charge >= 0.3 is 0 Å². The molecule has 0 radical (unpaired) electrons. The number of rotatable bonds is 7. The zero-order valence-electron chi connectivity index (χ0n) is 16.5. The number of carbonyl (C=O) groups excluding carboxylic acids is 1. The average Bonchev–Trinajstić information content (AvgIpc) is 2.72. The highest BCUT2D eigenvalue weighted by atomic mass is 32.2. The van der Waals surface area contributed by atoms with Crippen LogP contribution in [0.4, 0.5) is 5.82 Å². The van der Waals surface area contributed by atoms with E-state index in [0.717, 1.165) is 24.8 Å². The summed E-state index contributed by atoms with van der Waals surface area (Å²) in [4.78, 5) is 21.6. The Morgan fingerprint density at radius 2 is 1.73 bits per heavy atom. The van der Waals surface area contributed by atoms with Crippen LogP contribution in [0.15, 0.2) is 65.7 Å². The highest BCUT2D eigenvalue weighted by Gasteiger charge is 2.26. The van der Waals surface area contributed by atoms with Gasteiger partial charge in [0.1, 0.15) is 5.69 Å². The van der Waals surface area contributed by atoms with Gasteiger partial charge in [-0.1, -0.05) is 48.9 Å². The number of benzene rings is 2. The third kappa shape index (κ3) is 4.41. The number of nitrogens with two attached hydrogens (primary N) is 1. The van der Waals surface area contributed by atoms with E-state index in [4.69, 9.17) is 5.73 Å². The minimum atomic E-state index is -3.29. The second-order valence-corrected chi connectivity index (χ2v) is 9.71. The van der Waals surface area contributed by atoms with E-state index in [2.05, 4.69) is 9.97 Å². The lowest BCUT2D eigenvalue weighted by Gasteiger charge is -2.24. The minimum Gasteiger partial charge on any atom is -0.382 e. The molecule has 1 fully saturated rings. The van der Waals surface area contributed by atoms with Crippen LogP contribution < -0.4 is 5.73 Å². The molecule has 0 bridgehead atoms. The fourth-order valence-electron chi connectivity index (χ4n) is 3.50. The lowest BCUT2D eigenvalue weighted by molar-refractivity contribution is 0.0989. The van der Waals surface area contributed by atoms with Crippen LogP contribution in [0, 0.1) is 5.92 Å². The molecule has 0 aliphatic heterocycles. The van der Waals surface area contributed by atoms with Crippen molar-refractivity contribution in [1.29, 1.82) is 0 Å². The van der Waals surface area contributed by atoms with Crippen LogP contribution >= 0.6 is 0 Å². The van der Waals surface area contributed by atoms with Crippen LogP contribution in [0.5, 0.6) is 0 Å². The van der Waals surface area contributed by atoms with Crippen molar-refractivity contribution in [1.82, 2.24) is 9.97 Å². The van der Waals surface area contributed by atoms with E-state index in [-0.39, 0.29) is 35.4 Å². The number of nitrogen functional groups attached to an aromatic ring is 1. The molecule has 4 rings (SSSR count). The first-order valence-corrected chi connectivity index (χ1v) is 11.6. The summed E-state index contributed by atoms with van der Waals surface area (Å²) >= 11 is 0. The summed E-state index contributed by atoms with van der Waals surface area (Å²) in [6, 6.07) is 15.9. The van der Waals surface area contributed by atoms with E-state index in [9.17, 15) is 13.2 Å². The third-order valence-electron chi connectivity index (χ3n) is 5.46. The van der Waals surface area contributed by atoms with Gasteiger partial charge in [0.05, 0.1) is 22.5 Å². The molecular weight excluding hydrogens is 398 g/mol. The molecule has 0 unspecified atom stereocenters. The zero-order valence-corrected chi connectivity index (χ0v) is 17.3. The number of aromatic nitrogens is 2. The quantitative estimate of drug-likeness (QED) is 0.583. The molecule has 7 heteroatoms. The lowest BCUT2D eigenvalue weighted by Crippen LogP contribution is -2.22. The topological polar surface area (TPSA) is 103 Å². The Kier molecular flexibility index (Phi) is 5.63. The highest BCUT2D eigenvalue weighted by Crippen LogP contribution is 2.29. The molecule has 30 heavy (non-hydrogen) atoms. The predicted molar refractivity (Wildman–Crippen MR) is 116 cm³/mol. The summed E-state index contributed by atoms with van der Waals surface area (Å²) in [7, 11) is -3.29. The van der Waals surface area contributed by atoms with Gasteiger partial charge in [0, 0.05) is 12.0 Å². The van der Waals surface area contributed by atoms with Crippen LogP contribution in [-0.2, 0) is 16.3 Å². The number of Topliss-reactive ketones (excluding diaryl/α,β-unsaturated/α-hetero) is 1. The van der Waals surface area contributed by atoms with Crippen LogP contribution in [0.2, 0.25) is 0 Å². The first-order chi connectivity index (χ1) is 14.4. The molecule has 154 valence electrons. The molecule has 0 saturated heterocycles. The molecule has 1 aliphatic rings. The zero-order chi connectivity index (χ0) is 21.1. The van der Waals surface area contributed by atoms with Gasteiger partial charge in [0.25, 0.3) is 0 Å². The molecular formula is C23H23N3O3S. The third-order valence-corrected chi connectivity index (χ3v) is 7.36. The number of sulfone groups is 1. The fourth-order valence-corrected chi connectivity index (χ4v) is 5.20. The highest BCUT2D eigenvalue weighted by molar-refractivity contribution is 7.91. The number of hydrogen-bond donors (Lipinski definition) is 1. The standard InChI is InChI=1S/C23H23N3O3S/c24-23-22(26-20(14-25-23)18-7-2-1-3-8-18)21(27)13-16-9-11-19(12-10-16)30(28,29)15-17-5-4-6-17/h1-3,7-12,14,17H,4-6,13,15H2,(H2,24,25). The molecule has 2 aromatic carbocycles. The van der Waals surface area contributed by atoms with Crippen LogP contribution in [0.25, 0.3) is 11.3 Å².